The SMILES string of the molecule is N#CC1(NC(=O)c2ccc(Cl)cc2Br)CCCCCC1. The van der Waals surface area contributed by atoms with Crippen LogP contribution < -0.4 is 5.32 Å². The van der Waals surface area contributed by atoms with Gasteiger partial charge in [-0.15, -0.1) is 0 Å². The number of carbonyl (C=O) groups is 1. The molecule has 0 bridgehead atoms. The predicted octanol–water partition coefficient (Wildman–Crippen LogP) is 4.45. The van der Waals surface area contributed by atoms with Gasteiger partial charge in [0.1, 0.15) is 5.54 Å². The summed E-state index contributed by atoms with van der Waals surface area (Å²) in [5.41, 5.74) is -0.222. The number of nitrogens with zero attached hydrogens (tertiary/aromatic N) is 1. The van der Waals surface area contributed by atoms with Gasteiger partial charge in [-0.05, 0) is 47.0 Å². The molecule has 1 fully saturated rings. The number of amides is 1. The molecule has 0 aromatic heterocycles. The van der Waals surface area contributed by atoms with Crippen LogP contribution in [0.3, 0.4) is 0 Å². The van der Waals surface area contributed by atoms with Crippen molar-refractivity contribution in [2.75, 3.05) is 0 Å². The van der Waals surface area contributed by atoms with Gasteiger partial charge in [0.2, 0.25) is 0 Å². The van der Waals surface area contributed by atoms with Crippen molar-refractivity contribution < 1.29 is 4.79 Å². The highest BCUT2D eigenvalue weighted by Crippen LogP contribution is 2.28. The first-order valence-electron chi connectivity index (χ1n) is 6.75. The normalized spacial score (nSPS) is 17.9. The summed E-state index contributed by atoms with van der Waals surface area (Å²) in [5, 5.41) is 13.0. The number of nitrogens with one attached hydrogen (secondary N) is 1. The van der Waals surface area contributed by atoms with Crippen LogP contribution in [0.2, 0.25) is 5.02 Å². The summed E-state index contributed by atoms with van der Waals surface area (Å²) in [7, 11) is 0. The minimum absolute atomic E-state index is 0.225. The van der Waals surface area contributed by atoms with E-state index in [4.69, 9.17) is 11.6 Å². The maximum Gasteiger partial charge on any atom is 0.253 e. The van der Waals surface area contributed by atoms with E-state index in [9.17, 15) is 10.1 Å². The van der Waals surface area contributed by atoms with Crippen LogP contribution >= 0.6 is 27.5 Å². The van der Waals surface area contributed by atoms with Crippen molar-refractivity contribution in [1.82, 2.24) is 5.32 Å². The molecule has 1 aromatic rings. The van der Waals surface area contributed by atoms with Crippen molar-refractivity contribution in [2.45, 2.75) is 44.1 Å². The molecule has 3 nitrogen and oxygen atoms in total. The van der Waals surface area contributed by atoms with Crippen LogP contribution in [-0.2, 0) is 0 Å². The Morgan fingerprint density at radius 1 is 1.30 bits per heavy atom. The zero-order valence-corrected chi connectivity index (χ0v) is 13.4. The van der Waals surface area contributed by atoms with Gasteiger partial charge in [0.25, 0.3) is 5.91 Å². The molecule has 0 heterocycles. The minimum Gasteiger partial charge on any atom is -0.334 e. The monoisotopic (exact) mass is 354 g/mol. The van der Waals surface area contributed by atoms with Gasteiger partial charge in [0.05, 0.1) is 11.6 Å². The molecule has 1 N–H and O–H groups in total. The summed E-state index contributed by atoms with van der Waals surface area (Å²) in [5.74, 6) is -0.225. The van der Waals surface area contributed by atoms with Crippen LogP contribution in [0.25, 0.3) is 0 Å². The first-order valence-corrected chi connectivity index (χ1v) is 7.92. The van der Waals surface area contributed by atoms with Gasteiger partial charge in [0, 0.05) is 9.50 Å². The van der Waals surface area contributed by atoms with E-state index in [2.05, 4.69) is 27.3 Å². The zero-order chi connectivity index (χ0) is 14.6. The summed E-state index contributed by atoms with van der Waals surface area (Å²) >= 11 is 9.22. The molecule has 20 heavy (non-hydrogen) atoms. The van der Waals surface area contributed by atoms with Crippen molar-refractivity contribution >= 4 is 33.4 Å². The van der Waals surface area contributed by atoms with Gasteiger partial charge in [0.15, 0.2) is 0 Å². The number of nitriles is 1. The van der Waals surface area contributed by atoms with Crippen LogP contribution in [0.5, 0.6) is 0 Å². The fourth-order valence-corrected chi connectivity index (χ4v) is 3.42. The third-order valence-corrected chi connectivity index (χ3v) is 4.59. The van der Waals surface area contributed by atoms with Crippen LogP contribution in [0.4, 0.5) is 0 Å². The largest absolute Gasteiger partial charge is 0.334 e. The van der Waals surface area contributed by atoms with E-state index in [1.165, 1.54) is 0 Å². The molecule has 0 radical (unpaired) electrons. The zero-order valence-electron chi connectivity index (χ0n) is 11.1. The standard InChI is InChI=1S/C15H16BrClN2O/c16-13-9-11(17)5-6-12(13)14(20)19-15(10-18)7-3-1-2-4-8-15/h5-6,9H,1-4,7-8H2,(H,19,20). The molecule has 0 aliphatic heterocycles. The fourth-order valence-electron chi connectivity index (χ4n) is 2.56. The Balaban J connectivity index is 2.18. The molecule has 5 heteroatoms. The Hall–Kier alpha value is -1.05. The molecule has 0 spiro atoms. The van der Waals surface area contributed by atoms with Crippen molar-refractivity contribution in [3.63, 3.8) is 0 Å². The van der Waals surface area contributed by atoms with E-state index in [0.29, 0.717) is 15.1 Å². The van der Waals surface area contributed by atoms with Gasteiger partial charge in [-0.1, -0.05) is 37.3 Å². The van der Waals surface area contributed by atoms with Gasteiger partial charge in [-0.25, -0.2) is 0 Å². The molecule has 106 valence electrons. The Labute approximate surface area is 132 Å². The number of rotatable bonds is 2. The van der Waals surface area contributed by atoms with Gasteiger partial charge in [-0.3, -0.25) is 4.79 Å². The molecule has 0 saturated heterocycles. The smallest absolute Gasteiger partial charge is 0.253 e. The third kappa shape index (κ3) is 3.53. The van der Waals surface area contributed by atoms with Crippen molar-refractivity contribution in [3.05, 3.63) is 33.3 Å². The summed E-state index contributed by atoms with van der Waals surface area (Å²) < 4.78 is 0.643. The van der Waals surface area contributed by atoms with E-state index in [1.54, 1.807) is 18.2 Å². The van der Waals surface area contributed by atoms with Gasteiger partial charge >= 0.3 is 0 Å². The van der Waals surface area contributed by atoms with Crippen molar-refractivity contribution in [3.8, 4) is 6.07 Å². The fraction of sp³-hybridized carbons (Fsp3) is 0.467. The molecular weight excluding hydrogens is 340 g/mol. The molecular formula is C15H16BrClN2O. The Bertz CT molecular complexity index is 545. The predicted molar refractivity (Wildman–Crippen MR) is 82.7 cm³/mol. The first kappa shape index (κ1) is 15.3. The number of halogens is 2. The average molecular weight is 356 g/mol. The maximum absolute atomic E-state index is 12.4. The third-order valence-electron chi connectivity index (χ3n) is 3.70. The Morgan fingerprint density at radius 3 is 2.50 bits per heavy atom. The van der Waals surface area contributed by atoms with Gasteiger partial charge in [-0.2, -0.15) is 5.26 Å². The molecule has 1 aliphatic carbocycles. The maximum atomic E-state index is 12.4. The first-order chi connectivity index (χ1) is 9.56. The molecule has 1 amide bonds. The summed E-state index contributed by atoms with van der Waals surface area (Å²) in [6.45, 7) is 0. The topological polar surface area (TPSA) is 52.9 Å². The molecule has 2 rings (SSSR count). The van der Waals surface area contributed by atoms with Crippen LogP contribution in [-0.4, -0.2) is 11.4 Å². The quantitative estimate of drug-likeness (QED) is 0.797. The molecule has 1 aliphatic rings. The average Bonchev–Trinajstić information content (AvgIpc) is 2.64. The highest BCUT2D eigenvalue weighted by Gasteiger charge is 2.33. The van der Waals surface area contributed by atoms with E-state index >= 15 is 0 Å². The van der Waals surface area contributed by atoms with Crippen LogP contribution in [0.1, 0.15) is 48.9 Å². The second-order valence-electron chi connectivity index (χ2n) is 5.19. The van der Waals surface area contributed by atoms with Crippen LogP contribution in [0.15, 0.2) is 22.7 Å². The van der Waals surface area contributed by atoms with E-state index < -0.39 is 5.54 Å². The van der Waals surface area contributed by atoms with E-state index in [1.807, 2.05) is 0 Å². The number of carbonyl (C=O) groups excluding carboxylic acids is 1. The van der Waals surface area contributed by atoms with Crippen LogP contribution in [0, 0.1) is 11.3 Å². The molecule has 0 atom stereocenters. The van der Waals surface area contributed by atoms with Crippen molar-refractivity contribution in [1.29, 1.82) is 5.26 Å². The summed E-state index contributed by atoms with van der Waals surface area (Å²) in [6, 6.07) is 7.34. The second kappa shape index (κ2) is 6.60. The molecule has 1 saturated carbocycles. The lowest BCUT2D eigenvalue weighted by Crippen LogP contribution is -2.47. The lowest BCUT2D eigenvalue weighted by molar-refractivity contribution is 0.0912. The second-order valence-corrected chi connectivity index (χ2v) is 6.48. The molecule has 0 unspecified atom stereocenters. The number of hydrogen-bond donors (Lipinski definition) is 1. The lowest BCUT2D eigenvalue weighted by atomic mass is 9.91. The Kier molecular flexibility index (Phi) is 5.06. The summed E-state index contributed by atoms with van der Waals surface area (Å²) in [4.78, 5) is 12.4. The number of benzene rings is 1. The minimum atomic E-state index is -0.730. The number of hydrogen-bond acceptors (Lipinski definition) is 2. The van der Waals surface area contributed by atoms with Crippen molar-refractivity contribution in [2.24, 2.45) is 0 Å². The highest BCUT2D eigenvalue weighted by atomic mass is 79.9. The molecule has 1 aromatic carbocycles. The van der Waals surface area contributed by atoms with Gasteiger partial charge < -0.3 is 5.32 Å². The summed E-state index contributed by atoms with van der Waals surface area (Å²) in [6.07, 6.45) is 5.67. The Morgan fingerprint density at radius 2 is 1.95 bits per heavy atom. The lowest BCUT2D eigenvalue weighted by Gasteiger charge is -2.26. The highest BCUT2D eigenvalue weighted by molar-refractivity contribution is 9.10. The van der Waals surface area contributed by atoms with E-state index in [-0.39, 0.29) is 5.91 Å². The van der Waals surface area contributed by atoms with E-state index in [0.717, 1.165) is 38.5 Å².